The predicted molar refractivity (Wildman–Crippen MR) is 58.5 cm³/mol. The zero-order valence-corrected chi connectivity index (χ0v) is 9.14. The minimum atomic E-state index is -3.37. The largest absolute Gasteiger partial charge is 0.396 e. The van der Waals surface area contributed by atoms with Crippen molar-refractivity contribution in [3.63, 3.8) is 0 Å². The van der Waals surface area contributed by atoms with Crippen LogP contribution in [0, 0.1) is 5.82 Å². The molecule has 0 atom stereocenters. The number of benzene rings is 1. The molecule has 15 heavy (non-hydrogen) atoms. The van der Waals surface area contributed by atoms with E-state index >= 15 is 0 Å². The smallest absolute Gasteiger partial charge is 0.232 e. The van der Waals surface area contributed by atoms with Gasteiger partial charge in [0.15, 0.2) is 0 Å². The van der Waals surface area contributed by atoms with Gasteiger partial charge in [-0.1, -0.05) is 6.92 Å². The second-order valence-electron chi connectivity index (χ2n) is 3.16. The van der Waals surface area contributed by atoms with Crippen molar-refractivity contribution in [2.45, 2.75) is 13.3 Å². The second-order valence-corrected chi connectivity index (χ2v) is 5.00. The van der Waals surface area contributed by atoms with Crippen molar-refractivity contribution < 1.29 is 12.8 Å². The zero-order chi connectivity index (χ0) is 11.5. The van der Waals surface area contributed by atoms with Gasteiger partial charge >= 0.3 is 0 Å². The number of halogens is 1. The Balaban J connectivity index is 2.86. The Morgan fingerprint density at radius 1 is 1.47 bits per heavy atom. The average Bonchev–Trinajstić information content (AvgIpc) is 2.10. The molecule has 4 nitrogen and oxygen atoms in total. The van der Waals surface area contributed by atoms with E-state index in [0.29, 0.717) is 6.42 Å². The summed E-state index contributed by atoms with van der Waals surface area (Å²) in [5, 5.41) is 0. The number of hydrogen-bond donors (Lipinski definition) is 2. The summed E-state index contributed by atoms with van der Waals surface area (Å²) in [6, 6.07) is 3.80. The molecular weight excluding hydrogens is 219 g/mol. The van der Waals surface area contributed by atoms with Gasteiger partial charge in [0.05, 0.1) is 17.1 Å². The fourth-order valence-electron chi connectivity index (χ4n) is 1.09. The van der Waals surface area contributed by atoms with Crippen molar-refractivity contribution in [1.82, 2.24) is 0 Å². The molecule has 84 valence electrons. The van der Waals surface area contributed by atoms with Gasteiger partial charge < -0.3 is 5.73 Å². The van der Waals surface area contributed by atoms with E-state index in [1.807, 2.05) is 0 Å². The molecule has 0 aliphatic heterocycles. The number of nitrogens with two attached hydrogens (primary N) is 1. The van der Waals surface area contributed by atoms with Crippen molar-refractivity contribution >= 4 is 21.4 Å². The lowest BCUT2D eigenvalue weighted by molar-refractivity contribution is 0.599. The highest BCUT2D eigenvalue weighted by Gasteiger charge is 2.09. The van der Waals surface area contributed by atoms with E-state index < -0.39 is 15.8 Å². The van der Waals surface area contributed by atoms with E-state index in [4.69, 9.17) is 5.73 Å². The summed E-state index contributed by atoms with van der Waals surface area (Å²) < 4.78 is 37.9. The Morgan fingerprint density at radius 3 is 2.67 bits per heavy atom. The van der Waals surface area contributed by atoms with Crippen LogP contribution in [-0.4, -0.2) is 14.2 Å². The Morgan fingerprint density at radius 2 is 2.13 bits per heavy atom. The van der Waals surface area contributed by atoms with Gasteiger partial charge in [0, 0.05) is 6.07 Å². The molecule has 0 amide bonds. The first-order valence-corrected chi connectivity index (χ1v) is 6.15. The highest BCUT2D eigenvalue weighted by Crippen LogP contribution is 2.17. The molecule has 1 aromatic carbocycles. The van der Waals surface area contributed by atoms with E-state index in [1.165, 1.54) is 12.1 Å². The molecular formula is C9H13FN2O2S. The van der Waals surface area contributed by atoms with Crippen LogP contribution in [0.4, 0.5) is 15.8 Å². The van der Waals surface area contributed by atoms with Crippen molar-refractivity contribution in [1.29, 1.82) is 0 Å². The van der Waals surface area contributed by atoms with E-state index in [2.05, 4.69) is 4.72 Å². The average molecular weight is 232 g/mol. The number of nitrogen functional groups attached to an aromatic ring is 1. The number of hydrogen-bond acceptors (Lipinski definition) is 3. The topological polar surface area (TPSA) is 72.2 Å². The van der Waals surface area contributed by atoms with Gasteiger partial charge in [0.2, 0.25) is 10.0 Å². The zero-order valence-electron chi connectivity index (χ0n) is 8.33. The van der Waals surface area contributed by atoms with Gasteiger partial charge in [-0.15, -0.1) is 0 Å². The minimum absolute atomic E-state index is 0.00607. The molecule has 0 aliphatic carbocycles. The van der Waals surface area contributed by atoms with E-state index in [9.17, 15) is 12.8 Å². The molecule has 0 fully saturated rings. The van der Waals surface area contributed by atoms with Crippen molar-refractivity contribution in [3.05, 3.63) is 24.0 Å². The standard InChI is InChI=1S/C9H13FN2O2S/c1-2-5-15(13,14)12-7-3-4-9(11)8(10)6-7/h3-4,6,12H,2,5,11H2,1H3. The SMILES string of the molecule is CCCS(=O)(=O)Nc1ccc(N)c(F)c1. The summed E-state index contributed by atoms with van der Waals surface area (Å²) in [5.74, 6) is -0.620. The fourth-order valence-corrected chi connectivity index (χ4v) is 2.22. The minimum Gasteiger partial charge on any atom is -0.396 e. The molecule has 3 N–H and O–H groups in total. The third kappa shape index (κ3) is 3.39. The number of rotatable bonds is 4. The maximum absolute atomic E-state index is 13.0. The third-order valence-corrected chi connectivity index (χ3v) is 3.24. The molecule has 0 saturated heterocycles. The van der Waals surface area contributed by atoms with Crippen LogP contribution in [0.5, 0.6) is 0 Å². The van der Waals surface area contributed by atoms with Crippen molar-refractivity contribution in [3.8, 4) is 0 Å². The monoisotopic (exact) mass is 232 g/mol. The first kappa shape index (κ1) is 11.8. The quantitative estimate of drug-likeness (QED) is 0.774. The van der Waals surface area contributed by atoms with Gasteiger partial charge in [0.1, 0.15) is 5.82 Å². The van der Waals surface area contributed by atoms with Crippen LogP contribution in [0.2, 0.25) is 0 Å². The normalized spacial score (nSPS) is 11.3. The van der Waals surface area contributed by atoms with Gasteiger partial charge in [0.25, 0.3) is 0 Å². The number of nitrogens with one attached hydrogen (secondary N) is 1. The van der Waals surface area contributed by atoms with E-state index in [0.717, 1.165) is 6.07 Å². The van der Waals surface area contributed by atoms with Gasteiger partial charge in [-0.25, -0.2) is 12.8 Å². The first-order chi connectivity index (χ1) is 6.94. The van der Waals surface area contributed by atoms with Crippen LogP contribution in [0.3, 0.4) is 0 Å². The molecule has 0 aliphatic rings. The molecule has 0 unspecified atom stereocenters. The highest BCUT2D eigenvalue weighted by molar-refractivity contribution is 7.92. The predicted octanol–water partition coefficient (Wildman–Crippen LogP) is 1.56. The van der Waals surface area contributed by atoms with Crippen LogP contribution in [0.15, 0.2) is 18.2 Å². The van der Waals surface area contributed by atoms with Crippen LogP contribution >= 0.6 is 0 Å². The maximum Gasteiger partial charge on any atom is 0.232 e. The molecule has 0 spiro atoms. The van der Waals surface area contributed by atoms with Crippen LogP contribution < -0.4 is 10.5 Å². The molecule has 0 aromatic heterocycles. The van der Waals surface area contributed by atoms with Gasteiger partial charge in [-0.2, -0.15) is 0 Å². The molecule has 0 bridgehead atoms. The summed E-state index contributed by atoms with van der Waals surface area (Å²) in [4.78, 5) is 0. The maximum atomic E-state index is 13.0. The lowest BCUT2D eigenvalue weighted by atomic mass is 10.3. The van der Waals surface area contributed by atoms with E-state index in [1.54, 1.807) is 6.92 Å². The van der Waals surface area contributed by atoms with E-state index in [-0.39, 0.29) is 17.1 Å². The number of anilines is 2. The Labute approximate surface area is 88.3 Å². The van der Waals surface area contributed by atoms with Crippen molar-refractivity contribution in [2.24, 2.45) is 0 Å². The lowest BCUT2D eigenvalue weighted by Crippen LogP contribution is -2.16. The summed E-state index contributed by atoms with van der Waals surface area (Å²) in [6.07, 6.45) is 0.507. The Kier molecular flexibility index (Phi) is 3.52. The summed E-state index contributed by atoms with van der Waals surface area (Å²) in [5.41, 5.74) is 5.44. The van der Waals surface area contributed by atoms with Gasteiger partial charge in [-0.05, 0) is 18.6 Å². The van der Waals surface area contributed by atoms with Crippen LogP contribution in [-0.2, 0) is 10.0 Å². The highest BCUT2D eigenvalue weighted by atomic mass is 32.2. The molecule has 1 aromatic rings. The summed E-state index contributed by atoms with van der Waals surface area (Å²) >= 11 is 0. The van der Waals surface area contributed by atoms with Crippen LogP contribution in [0.25, 0.3) is 0 Å². The second kappa shape index (κ2) is 4.48. The fraction of sp³-hybridized carbons (Fsp3) is 0.333. The summed E-state index contributed by atoms with van der Waals surface area (Å²) in [6.45, 7) is 1.75. The van der Waals surface area contributed by atoms with Crippen LogP contribution in [0.1, 0.15) is 13.3 Å². The molecule has 6 heteroatoms. The third-order valence-electron chi connectivity index (χ3n) is 1.75. The van der Waals surface area contributed by atoms with Crippen molar-refractivity contribution in [2.75, 3.05) is 16.2 Å². The van der Waals surface area contributed by atoms with Gasteiger partial charge in [-0.3, -0.25) is 4.72 Å². The molecule has 0 radical (unpaired) electrons. The Bertz CT molecular complexity index is 445. The molecule has 0 heterocycles. The molecule has 0 saturated carbocycles. The summed E-state index contributed by atoms with van der Waals surface area (Å²) in [7, 11) is -3.37. The first-order valence-electron chi connectivity index (χ1n) is 4.50. The number of sulfonamides is 1. The molecule has 1 rings (SSSR count). The lowest BCUT2D eigenvalue weighted by Gasteiger charge is -2.07. The Hall–Kier alpha value is -1.30.